The molecular formula is C20H32N4O2. The van der Waals surface area contributed by atoms with Gasteiger partial charge in [0.2, 0.25) is 11.8 Å². The van der Waals surface area contributed by atoms with Crippen LogP contribution in [0.15, 0.2) is 24.3 Å². The van der Waals surface area contributed by atoms with Gasteiger partial charge < -0.3 is 16.0 Å². The predicted octanol–water partition coefficient (Wildman–Crippen LogP) is 1.63. The molecule has 6 heteroatoms. The Balaban J connectivity index is 1.66. The smallest absolute Gasteiger partial charge is 0.243 e. The van der Waals surface area contributed by atoms with Gasteiger partial charge in [-0.3, -0.25) is 14.5 Å². The van der Waals surface area contributed by atoms with Crippen LogP contribution in [0.5, 0.6) is 0 Å². The lowest BCUT2D eigenvalue weighted by atomic mass is 9.93. The molecule has 0 spiro atoms. The van der Waals surface area contributed by atoms with Crippen LogP contribution in [0.2, 0.25) is 0 Å². The maximum absolute atomic E-state index is 12.1. The molecular weight excluding hydrogens is 328 g/mol. The Bertz CT molecular complexity index is 583. The van der Waals surface area contributed by atoms with Crippen LogP contribution in [0.1, 0.15) is 31.7 Å². The van der Waals surface area contributed by atoms with Gasteiger partial charge in [0.1, 0.15) is 0 Å². The summed E-state index contributed by atoms with van der Waals surface area (Å²) in [6, 6.07) is 7.73. The molecule has 0 aliphatic carbocycles. The van der Waals surface area contributed by atoms with Crippen molar-refractivity contribution in [3.63, 3.8) is 0 Å². The lowest BCUT2D eigenvalue weighted by Crippen LogP contribution is -2.43. The first-order valence-corrected chi connectivity index (χ1v) is 9.63. The van der Waals surface area contributed by atoms with Crippen molar-refractivity contribution in [2.75, 3.05) is 45.1 Å². The number of amides is 2. The van der Waals surface area contributed by atoms with Crippen molar-refractivity contribution >= 4 is 17.5 Å². The Labute approximate surface area is 156 Å². The van der Waals surface area contributed by atoms with Gasteiger partial charge in [-0.25, -0.2) is 0 Å². The van der Waals surface area contributed by atoms with Gasteiger partial charge in [-0.2, -0.15) is 0 Å². The van der Waals surface area contributed by atoms with Crippen LogP contribution in [0.3, 0.4) is 0 Å². The van der Waals surface area contributed by atoms with Crippen LogP contribution in [0.25, 0.3) is 0 Å². The molecule has 1 aromatic carbocycles. The van der Waals surface area contributed by atoms with E-state index in [2.05, 4.69) is 27.8 Å². The van der Waals surface area contributed by atoms with E-state index >= 15 is 0 Å². The number of hydrogen-bond acceptors (Lipinski definition) is 4. The van der Waals surface area contributed by atoms with Gasteiger partial charge in [-0.05, 0) is 69.9 Å². The number of piperidine rings is 1. The topological polar surface area (TPSA) is 73.5 Å². The maximum atomic E-state index is 12.1. The Morgan fingerprint density at radius 1 is 1.15 bits per heavy atom. The average Bonchev–Trinajstić information content (AvgIpc) is 2.66. The van der Waals surface area contributed by atoms with E-state index in [1.807, 2.05) is 31.3 Å². The number of carbonyl (C=O) groups excluding carboxylic acids is 2. The highest BCUT2D eigenvalue weighted by atomic mass is 16.2. The number of likely N-dealkylation sites (tertiary alicyclic amines) is 1. The number of carbonyl (C=O) groups is 2. The Morgan fingerprint density at radius 3 is 2.58 bits per heavy atom. The van der Waals surface area contributed by atoms with Gasteiger partial charge in [-0.15, -0.1) is 0 Å². The molecule has 0 radical (unpaired) electrons. The molecule has 2 rings (SSSR count). The first-order chi connectivity index (χ1) is 12.6. The molecule has 1 aromatic rings. The van der Waals surface area contributed by atoms with Crippen molar-refractivity contribution in [2.45, 2.75) is 32.6 Å². The van der Waals surface area contributed by atoms with Crippen molar-refractivity contribution < 1.29 is 9.59 Å². The molecule has 0 atom stereocenters. The molecule has 144 valence electrons. The highest BCUT2D eigenvalue weighted by molar-refractivity contribution is 5.95. The molecule has 6 nitrogen and oxygen atoms in total. The summed E-state index contributed by atoms with van der Waals surface area (Å²) in [5, 5.41) is 8.80. The second-order valence-corrected chi connectivity index (χ2v) is 6.95. The molecule has 1 aliphatic heterocycles. The van der Waals surface area contributed by atoms with Crippen molar-refractivity contribution in [2.24, 2.45) is 5.92 Å². The van der Waals surface area contributed by atoms with Crippen molar-refractivity contribution in [3.8, 4) is 0 Å². The van der Waals surface area contributed by atoms with Crippen LogP contribution >= 0.6 is 0 Å². The van der Waals surface area contributed by atoms with E-state index in [1.54, 1.807) is 0 Å². The summed E-state index contributed by atoms with van der Waals surface area (Å²) < 4.78 is 0. The maximum Gasteiger partial charge on any atom is 0.243 e. The number of anilines is 1. The number of para-hydroxylation sites is 1. The van der Waals surface area contributed by atoms with Gasteiger partial charge in [0.15, 0.2) is 0 Å². The standard InChI is InChI=1S/C20H32N4O2/c1-3-17-6-4-5-7-18(17)23-19(25)14-22-20(26)15-24-12-9-16(10-13-24)8-11-21-2/h4-7,16,21H,3,8-15H2,1-2H3,(H,22,26)(H,23,25). The van der Waals surface area contributed by atoms with Crippen molar-refractivity contribution in [1.82, 2.24) is 15.5 Å². The summed E-state index contributed by atoms with van der Waals surface area (Å²) in [7, 11) is 1.98. The van der Waals surface area contributed by atoms with E-state index in [0.717, 1.165) is 56.1 Å². The zero-order valence-electron chi connectivity index (χ0n) is 16.0. The summed E-state index contributed by atoms with van der Waals surface area (Å²) in [4.78, 5) is 26.4. The lowest BCUT2D eigenvalue weighted by molar-refractivity contribution is -0.125. The van der Waals surface area contributed by atoms with Gasteiger partial charge in [-0.1, -0.05) is 25.1 Å². The molecule has 26 heavy (non-hydrogen) atoms. The van der Waals surface area contributed by atoms with E-state index in [0.29, 0.717) is 6.54 Å². The van der Waals surface area contributed by atoms with Gasteiger partial charge in [0.25, 0.3) is 0 Å². The van der Waals surface area contributed by atoms with Crippen molar-refractivity contribution in [1.29, 1.82) is 0 Å². The second kappa shape index (κ2) is 10.9. The van der Waals surface area contributed by atoms with Crippen LogP contribution in [0, 0.1) is 5.92 Å². The molecule has 0 saturated carbocycles. The Morgan fingerprint density at radius 2 is 1.88 bits per heavy atom. The van der Waals surface area contributed by atoms with E-state index in [1.165, 1.54) is 6.42 Å². The number of nitrogens with one attached hydrogen (secondary N) is 3. The summed E-state index contributed by atoms with van der Waals surface area (Å²) in [5.74, 6) is 0.480. The number of aryl methyl sites for hydroxylation is 1. The highest BCUT2D eigenvalue weighted by Gasteiger charge is 2.20. The fraction of sp³-hybridized carbons (Fsp3) is 0.600. The van der Waals surface area contributed by atoms with Crippen LogP contribution < -0.4 is 16.0 Å². The number of hydrogen-bond donors (Lipinski definition) is 3. The molecule has 1 saturated heterocycles. The molecule has 0 aromatic heterocycles. The summed E-state index contributed by atoms with van der Waals surface area (Å²) in [6.07, 6.45) is 4.34. The zero-order chi connectivity index (χ0) is 18.8. The monoisotopic (exact) mass is 360 g/mol. The normalized spacial score (nSPS) is 15.6. The van der Waals surface area contributed by atoms with Gasteiger partial charge >= 0.3 is 0 Å². The third kappa shape index (κ3) is 6.77. The number of nitrogens with zero attached hydrogens (tertiary/aromatic N) is 1. The van der Waals surface area contributed by atoms with Crippen LogP contribution in [-0.4, -0.2) is 56.5 Å². The molecule has 2 amide bonds. The number of benzene rings is 1. The largest absolute Gasteiger partial charge is 0.346 e. The third-order valence-electron chi connectivity index (χ3n) is 5.00. The van der Waals surface area contributed by atoms with Crippen LogP contribution in [0.4, 0.5) is 5.69 Å². The summed E-state index contributed by atoms with van der Waals surface area (Å²) in [6.45, 7) is 5.40. The molecule has 0 unspecified atom stereocenters. The molecule has 1 heterocycles. The summed E-state index contributed by atoms with van der Waals surface area (Å²) >= 11 is 0. The zero-order valence-corrected chi connectivity index (χ0v) is 16.0. The van der Waals surface area contributed by atoms with Gasteiger partial charge in [0, 0.05) is 5.69 Å². The van der Waals surface area contributed by atoms with E-state index in [9.17, 15) is 9.59 Å². The lowest BCUT2D eigenvalue weighted by Gasteiger charge is -2.31. The minimum absolute atomic E-state index is 0.00944. The average molecular weight is 361 g/mol. The third-order valence-corrected chi connectivity index (χ3v) is 5.00. The van der Waals surface area contributed by atoms with Gasteiger partial charge in [0.05, 0.1) is 13.1 Å². The fourth-order valence-corrected chi connectivity index (χ4v) is 3.36. The quantitative estimate of drug-likeness (QED) is 0.626. The SMILES string of the molecule is CCc1ccccc1NC(=O)CNC(=O)CN1CCC(CCNC)CC1. The minimum Gasteiger partial charge on any atom is -0.346 e. The number of rotatable bonds is 9. The first kappa shape index (κ1) is 20.4. The molecule has 0 bridgehead atoms. The molecule has 3 N–H and O–H groups in total. The second-order valence-electron chi connectivity index (χ2n) is 6.95. The predicted molar refractivity (Wildman–Crippen MR) is 105 cm³/mol. The molecule has 1 fully saturated rings. The first-order valence-electron chi connectivity index (χ1n) is 9.63. The molecule has 1 aliphatic rings. The van der Waals surface area contributed by atoms with E-state index in [-0.39, 0.29) is 18.4 Å². The van der Waals surface area contributed by atoms with E-state index in [4.69, 9.17) is 0 Å². The Hall–Kier alpha value is -1.92. The fourth-order valence-electron chi connectivity index (χ4n) is 3.36. The highest BCUT2D eigenvalue weighted by Crippen LogP contribution is 2.19. The van der Waals surface area contributed by atoms with E-state index < -0.39 is 0 Å². The summed E-state index contributed by atoms with van der Waals surface area (Å²) in [5.41, 5.74) is 1.91. The minimum atomic E-state index is -0.190. The van der Waals surface area contributed by atoms with Crippen molar-refractivity contribution in [3.05, 3.63) is 29.8 Å². The Kier molecular flexibility index (Phi) is 8.58. The van der Waals surface area contributed by atoms with Crippen LogP contribution in [-0.2, 0) is 16.0 Å².